The van der Waals surface area contributed by atoms with Gasteiger partial charge in [-0.15, -0.1) is 0 Å². The van der Waals surface area contributed by atoms with Gasteiger partial charge in [-0.2, -0.15) is 0 Å². The molecular formula is C11H12O2. The van der Waals surface area contributed by atoms with E-state index in [2.05, 4.69) is 6.58 Å². The second-order valence-corrected chi connectivity index (χ2v) is 2.74. The Morgan fingerprint density at radius 3 is 2.77 bits per heavy atom. The molecule has 1 N–H and O–H groups in total. The monoisotopic (exact) mass is 176 g/mol. The topological polar surface area (TPSA) is 37.3 Å². The lowest BCUT2D eigenvalue weighted by Crippen LogP contribution is -2.04. The highest BCUT2D eigenvalue weighted by Gasteiger charge is 2.11. The van der Waals surface area contributed by atoms with Gasteiger partial charge in [0.1, 0.15) is 0 Å². The number of hydrogen-bond acceptors (Lipinski definition) is 1. The second-order valence-electron chi connectivity index (χ2n) is 2.74. The first-order valence-corrected chi connectivity index (χ1v) is 4.18. The van der Waals surface area contributed by atoms with Gasteiger partial charge in [0.15, 0.2) is 0 Å². The third-order valence-electron chi connectivity index (χ3n) is 2.00. The van der Waals surface area contributed by atoms with E-state index in [0.29, 0.717) is 11.1 Å². The van der Waals surface area contributed by atoms with Crippen molar-refractivity contribution in [2.75, 3.05) is 0 Å². The highest BCUT2D eigenvalue weighted by atomic mass is 16.4. The molecule has 0 saturated heterocycles. The lowest BCUT2D eigenvalue weighted by Gasteiger charge is -2.06. The molecule has 1 aromatic carbocycles. The summed E-state index contributed by atoms with van der Waals surface area (Å²) in [4.78, 5) is 10.9. The van der Waals surface area contributed by atoms with Gasteiger partial charge in [-0.3, -0.25) is 0 Å². The van der Waals surface area contributed by atoms with Crippen LogP contribution in [-0.2, 0) is 6.42 Å². The number of aromatic carboxylic acids is 1. The van der Waals surface area contributed by atoms with Gasteiger partial charge in [-0.25, -0.2) is 4.79 Å². The van der Waals surface area contributed by atoms with Gasteiger partial charge in [0, 0.05) is 0 Å². The number of rotatable bonds is 3. The van der Waals surface area contributed by atoms with Crippen LogP contribution in [0.4, 0.5) is 0 Å². The van der Waals surface area contributed by atoms with Gasteiger partial charge in [0.25, 0.3) is 0 Å². The number of hydrogen-bond donors (Lipinski definition) is 1. The average molecular weight is 176 g/mol. The molecule has 0 amide bonds. The van der Waals surface area contributed by atoms with Crippen LogP contribution in [-0.4, -0.2) is 11.1 Å². The lowest BCUT2D eigenvalue weighted by molar-refractivity contribution is 0.0695. The molecule has 0 saturated carbocycles. The predicted molar refractivity (Wildman–Crippen MR) is 52.9 cm³/mol. The fourth-order valence-corrected chi connectivity index (χ4v) is 1.35. The molecule has 2 nitrogen and oxygen atoms in total. The number of aryl methyl sites for hydroxylation is 1. The van der Waals surface area contributed by atoms with Gasteiger partial charge in [0.05, 0.1) is 5.56 Å². The summed E-state index contributed by atoms with van der Waals surface area (Å²) >= 11 is 0. The maximum absolute atomic E-state index is 10.9. The molecule has 0 radical (unpaired) electrons. The summed E-state index contributed by atoms with van der Waals surface area (Å²) in [5, 5.41) is 8.96. The zero-order valence-corrected chi connectivity index (χ0v) is 7.58. The second kappa shape index (κ2) is 3.90. The van der Waals surface area contributed by atoms with Crippen LogP contribution in [0.2, 0.25) is 0 Å². The fraction of sp³-hybridized carbons (Fsp3) is 0.182. The zero-order valence-electron chi connectivity index (χ0n) is 7.58. The SMILES string of the molecule is C=Cc1cccc(CC)c1C(=O)O. The van der Waals surface area contributed by atoms with Gasteiger partial charge in [-0.05, 0) is 17.5 Å². The van der Waals surface area contributed by atoms with E-state index in [4.69, 9.17) is 5.11 Å². The first kappa shape index (κ1) is 9.52. The highest BCUT2D eigenvalue weighted by molar-refractivity contribution is 5.93. The third kappa shape index (κ3) is 1.78. The molecule has 0 bridgehead atoms. The lowest BCUT2D eigenvalue weighted by atomic mass is 9.99. The van der Waals surface area contributed by atoms with Crippen molar-refractivity contribution < 1.29 is 9.90 Å². The van der Waals surface area contributed by atoms with E-state index in [0.717, 1.165) is 12.0 Å². The Labute approximate surface area is 77.5 Å². The molecule has 0 fully saturated rings. The maximum atomic E-state index is 10.9. The Bertz CT molecular complexity index is 340. The van der Waals surface area contributed by atoms with Crippen LogP contribution in [0.5, 0.6) is 0 Å². The molecule has 13 heavy (non-hydrogen) atoms. The molecule has 0 unspecified atom stereocenters. The Morgan fingerprint density at radius 1 is 1.62 bits per heavy atom. The quantitative estimate of drug-likeness (QED) is 0.768. The molecule has 0 aromatic heterocycles. The molecule has 0 heterocycles. The minimum absolute atomic E-state index is 0.375. The Morgan fingerprint density at radius 2 is 2.31 bits per heavy atom. The molecule has 2 heteroatoms. The number of carboxylic acids is 1. The molecule has 0 aliphatic heterocycles. The van der Waals surface area contributed by atoms with Crippen molar-refractivity contribution in [3.8, 4) is 0 Å². The van der Waals surface area contributed by atoms with Crippen LogP contribution < -0.4 is 0 Å². The summed E-state index contributed by atoms with van der Waals surface area (Å²) in [5.74, 6) is -0.882. The number of benzene rings is 1. The zero-order chi connectivity index (χ0) is 9.84. The van der Waals surface area contributed by atoms with Crippen molar-refractivity contribution in [1.29, 1.82) is 0 Å². The summed E-state index contributed by atoms with van der Waals surface area (Å²) in [7, 11) is 0. The largest absolute Gasteiger partial charge is 0.478 e. The fourth-order valence-electron chi connectivity index (χ4n) is 1.35. The molecular weight excluding hydrogens is 164 g/mol. The van der Waals surface area contributed by atoms with E-state index in [-0.39, 0.29) is 0 Å². The number of carbonyl (C=O) groups is 1. The first-order valence-electron chi connectivity index (χ1n) is 4.18. The van der Waals surface area contributed by atoms with Crippen LogP contribution in [0.25, 0.3) is 6.08 Å². The third-order valence-corrected chi connectivity index (χ3v) is 2.00. The molecule has 0 aliphatic rings. The van der Waals surface area contributed by atoms with Crippen molar-refractivity contribution >= 4 is 12.0 Å². The van der Waals surface area contributed by atoms with Crippen molar-refractivity contribution in [2.45, 2.75) is 13.3 Å². The highest BCUT2D eigenvalue weighted by Crippen LogP contribution is 2.16. The summed E-state index contributed by atoms with van der Waals surface area (Å²) in [6.07, 6.45) is 2.30. The Hall–Kier alpha value is -1.57. The van der Waals surface area contributed by atoms with Crippen LogP contribution in [0.1, 0.15) is 28.4 Å². The molecule has 1 aromatic rings. The summed E-state index contributed by atoms with van der Waals surface area (Å²) < 4.78 is 0. The normalized spacial score (nSPS) is 9.62. The standard InChI is InChI=1S/C11H12O2/c1-3-8-6-5-7-9(4-2)10(8)11(12)13/h3,5-7H,1,4H2,2H3,(H,12,13). The van der Waals surface area contributed by atoms with Gasteiger partial charge in [-0.1, -0.05) is 37.8 Å². The predicted octanol–water partition coefficient (Wildman–Crippen LogP) is 2.59. The smallest absolute Gasteiger partial charge is 0.336 e. The van der Waals surface area contributed by atoms with Crippen molar-refractivity contribution in [3.05, 3.63) is 41.5 Å². The maximum Gasteiger partial charge on any atom is 0.336 e. The first-order chi connectivity index (χ1) is 6.20. The Balaban J connectivity index is 3.38. The molecule has 68 valence electrons. The van der Waals surface area contributed by atoms with Crippen LogP contribution in [0.15, 0.2) is 24.8 Å². The molecule has 0 aliphatic carbocycles. The van der Waals surface area contributed by atoms with E-state index < -0.39 is 5.97 Å². The van der Waals surface area contributed by atoms with E-state index in [9.17, 15) is 4.79 Å². The Kier molecular flexibility index (Phi) is 2.85. The minimum Gasteiger partial charge on any atom is -0.478 e. The van der Waals surface area contributed by atoms with Crippen molar-refractivity contribution in [3.63, 3.8) is 0 Å². The van der Waals surface area contributed by atoms with Crippen molar-refractivity contribution in [2.24, 2.45) is 0 Å². The van der Waals surface area contributed by atoms with Crippen LogP contribution in [0, 0.1) is 0 Å². The minimum atomic E-state index is -0.882. The molecule has 0 atom stereocenters. The molecule has 1 rings (SSSR count). The van der Waals surface area contributed by atoms with Crippen molar-refractivity contribution in [1.82, 2.24) is 0 Å². The van der Waals surface area contributed by atoms with Gasteiger partial charge in [0.2, 0.25) is 0 Å². The number of carboxylic acid groups (broad SMARTS) is 1. The van der Waals surface area contributed by atoms with Gasteiger partial charge >= 0.3 is 5.97 Å². The van der Waals surface area contributed by atoms with E-state index in [1.165, 1.54) is 0 Å². The summed E-state index contributed by atoms with van der Waals surface area (Å²) in [6, 6.07) is 5.44. The van der Waals surface area contributed by atoms with Crippen LogP contribution in [0.3, 0.4) is 0 Å². The van der Waals surface area contributed by atoms with Crippen LogP contribution >= 0.6 is 0 Å². The van der Waals surface area contributed by atoms with Gasteiger partial charge < -0.3 is 5.11 Å². The van der Waals surface area contributed by atoms with E-state index in [1.54, 1.807) is 12.1 Å². The van der Waals surface area contributed by atoms with E-state index >= 15 is 0 Å². The average Bonchev–Trinajstić information content (AvgIpc) is 2.16. The molecule has 0 spiro atoms. The summed E-state index contributed by atoms with van der Waals surface area (Å²) in [5.41, 5.74) is 1.91. The summed E-state index contributed by atoms with van der Waals surface area (Å²) in [6.45, 7) is 5.53. The van der Waals surface area contributed by atoms with E-state index in [1.807, 2.05) is 19.1 Å².